The van der Waals surface area contributed by atoms with Crippen molar-refractivity contribution >= 4 is 5.91 Å². The second-order valence-corrected chi connectivity index (χ2v) is 8.69. The molecule has 22 heavy (non-hydrogen) atoms. The Morgan fingerprint density at radius 2 is 1.64 bits per heavy atom. The molecule has 1 saturated heterocycles. The van der Waals surface area contributed by atoms with Crippen molar-refractivity contribution in [2.45, 2.75) is 63.2 Å². The van der Waals surface area contributed by atoms with Gasteiger partial charge in [0.15, 0.2) is 0 Å². The number of amides is 1. The monoisotopic (exact) mass is 299 g/mol. The maximum absolute atomic E-state index is 13.0. The van der Waals surface area contributed by atoms with E-state index < -0.39 is 0 Å². The van der Waals surface area contributed by atoms with E-state index in [1.165, 1.54) is 32.1 Å². The van der Waals surface area contributed by atoms with Gasteiger partial charge in [0.05, 0.1) is 6.04 Å². The highest BCUT2D eigenvalue weighted by molar-refractivity contribution is 5.83. The smallest absolute Gasteiger partial charge is 0.301 e. The van der Waals surface area contributed by atoms with Gasteiger partial charge in [-0.25, -0.2) is 6.57 Å². The SMILES string of the molecule is [C-]#[N+][C@@H]1C[C@@H]2C[C@@H]2N1C(=O)[C@@H](N)C1C2CC3CC(C2)CC1C3. The Labute approximate surface area is 132 Å². The molecular weight excluding hydrogens is 274 g/mol. The summed E-state index contributed by atoms with van der Waals surface area (Å²) in [6.07, 6.45) is 8.40. The Balaban J connectivity index is 1.37. The summed E-state index contributed by atoms with van der Waals surface area (Å²) in [5, 5.41) is 0. The molecule has 6 fully saturated rings. The van der Waals surface area contributed by atoms with Crippen LogP contribution >= 0.6 is 0 Å². The van der Waals surface area contributed by atoms with E-state index in [4.69, 9.17) is 12.3 Å². The van der Waals surface area contributed by atoms with Gasteiger partial charge in [0.25, 0.3) is 0 Å². The predicted octanol–water partition coefficient (Wildman–Crippen LogP) is 2.25. The molecule has 0 aromatic heterocycles. The first-order valence-corrected chi connectivity index (χ1v) is 9.10. The lowest BCUT2D eigenvalue weighted by atomic mass is 9.50. The molecule has 4 nitrogen and oxygen atoms in total. The summed E-state index contributed by atoms with van der Waals surface area (Å²) in [6, 6.07) is -0.00640. The summed E-state index contributed by atoms with van der Waals surface area (Å²) in [7, 11) is 0. The van der Waals surface area contributed by atoms with E-state index in [1.54, 1.807) is 0 Å². The fourth-order valence-corrected chi connectivity index (χ4v) is 6.75. The molecule has 0 aromatic carbocycles. The predicted molar refractivity (Wildman–Crippen MR) is 82.3 cm³/mol. The molecule has 5 saturated carbocycles. The first kappa shape index (κ1) is 13.4. The standard InChI is InChI=1S/C18H25N3O/c1-20-15-8-11-7-14(11)21(15)18(22)17(19)16-12-3-9-2-10(5-12)6-13(16)4-9/h9-17H,2-8,19H2/t9?,10?,11-,12?,13?,14-,15-,16?,17-/m0/s1. The van der Waals surface area contributed by atoms with Crippen molar-refractivity contribution in [1.29, 1.82) is 0 Å². The van der Waals surface area contributed by atoms with E-state index in [2.05, 4.69) is 4.85 Å². The minimum atomic E-state index is -0.349. The molecule has 5 aliphatic carbocycles. The minimum absolute atomic E-state index is 0.100. The number of likely N-dealkylation sites (tertiary alicyclic amines) is 1. The van der Waals surface area contributed by atoms with Crippen LogP contribution in [0.5, 0.6) is 0 Å². The average molecular weight is 299 g/mol. The van der Waals surface area contributed by atoms with E-state index in [0.717, 1.165) is 24.7 Å². The lowest BCUT2D eigenvalue weighted by molar-refractivity contribution is -0.140. The zero-order chi connectivity index (χ0) is 15.0. The fourth-order valence-electron chi connectivity index (χ4n) is 6.75. The molecule has 2 N–H and O–H groups in total. The van der Waals surface area contributed by atoms with Crippen molar-refractivity contribution in [3.8, 4) is 0 Å². The number of hydrogen-bond acceptors (Lipinski definition) is 2. The summed E-state index contributed by atoms with van der Waals surface area (Å²) >= 11 is 0. The molecule has 118 valence electrons. The molecule has 6 aliphatic rings. The molecule has 1 amide bonds. The van der Waals surface area contributed by atoms with E-state index >= 15 is 0 Å². The van der Waals surface area contributed by atoms with Crippen molar-refractivity contribution in [3.63, 3.8) is 0 Å². The minimum Gasteiger partial charge on any atom is -0.320 e. The average Bonchev–Trinajstić information content (AvgIpc) is 3.16. The summed E-state index contributed by atoms with van der Waals surface area (Å²) in [5.74, 6) is 4.27. The van der Waals surface area contributed by atoms with Gasteiger partial charge < -0.3 is 5.73 Å². The van der Waals surface area contributed by atoms with Gasteiger partial charge >= 0.3 is 6.17 Å². The number of nitrogens with two attached hydrogens (primary N) is 1. The van der Waals surface area contributed by atoms with Crippen molar-refractivity contribution in [1.82, 2.24) is 4.90 Å². The summed E-state index contributed by atoms with van der Waals surface area (Å²) in [5.41, 5.74) is 6.53. The highest BCUT2D eigenvalue weighted by atomic mass is 16.2. The second-order valence-electron chi connectivity index (χ2n) is 8.69. The third-order valence-electron chi connectivity index (χ3n) is 7.48. The number of carbonyl (C=O) groups excluding carboxylic acids is 1. The molecule has 1 heterocycles. The Bertz CT molecular complexity index is 525. The van der Waals surface area contributed by atoms with Crippen LogP contribution in [0.15, 0.2) is 0 Å². The van der Waals surface area contributed by atoms with E-state index in [9.17, 15) is 4.79 Å². The summed E-state index contributed by atoms with van der Waals surface area (Å²) in [6.45, 7) is 7.37. The molecule has 4 heteroatoms. The van der Waals surface area contributed by atoms with Crippen LogP contribution in [0.4, 0.5) is 0 Å². The van der Waals surface area contributed by atoms with Crippen molar-refractivity contribution < 1.29 is 4.79 Å². The van der Waals surface area contributed by atoms with Crippen LogP contribution in [0, 0.1) is 42.1 Å². The second kappa shape index (κ2) is 4.47. The normalized spacial score (nSPS) is 52.3. The summed E-state index contributed by atoms with van der Waals surface area (Å²) < 4.78 is 0. The highest BCUT2D eigenvalue weighted by Crippen LogP contribution is 2.57. The lowest BCUT2D eigenvalue weighted by Crippen LogP contribution is -2.58. The first-order chi connectivity index (χ1) is 10.7. The van der Waals surface area contributed by atoms with Crippen LogP contribution in [0.3, 0.4) is 0 Å². The number of rotatable bonds is 2. The highest BCUT2D eigenvalue weighted by Gasteiger charge is 2.59. The number of fused-ring (bicyclic) bond motifs is 1. The first-order valence-electron chi connectivity index (χ1n) is 9.10. The maximum Gasteiger partial charge on any atom is 0.301 e. The van der Waals surface area contributed by atoms with Gasteiger partial charge in [-0.05, 0) is 74.0 Å². The lowest BCUT2D eigenvalue weighted by Gasteiger charge is -2.55. The van der Waals surface area contributed by atoms with Crippen LogP contribution in [-0.2, 0) is 4.79 Å². The van der Waals surface area contributed by atoms with E-state index in [-0.39, 0.29) is 18.1 Å². The molecule has 4 atom stereocenters. The molecule has 6 rings (SSSR count). The van der Waals surface area contributed by atoms with Gasteiger partial charge in [0.2, 0.25) is 5.91 Å². The van der Waals surface area contributed by atoms with Crippen LogP contribution < -0.4 is 5.73 Å². The third-order valence-corrected chi connectivity index (χ3v) is 7.48. The number of hydrogen-bond donors (Lipinski definition) is 1. The molecule has 0 unspecified atom stereocenters. The molecular formula is C18H25N3O. The van der Waals surface area contributed by atoms with Gasteiger partial charge in [-0.1, -0.05) is 0 Å². The Morgan fingerprint density at radius 3 is 2.23 bits per heavy atom. The van der Waals surface area contributed by atoms with Gasteiger partial charge in [-0.3, -0.25) is 14.5 Å². The largest absolute Gasteiger partial charge is 0.320 e. The molecule has 4 bridgehead atoms. The molecule has 1 aliphatic heterocycles. The van der Waals surface area contributed by atoms with Crippen LogP contribution in [0.1, 0.15) is 44.9 Å². The van der Waals surface area contributed by atoms with Gasteiger partial charge in [-0.2, -0.15) is 0 Å². The number of carbonyl (C=O) groups is 1. The van der Waals surface area contributed by atoms with Gasteiger partial charge in [0.1, 0.15) is 0 Å². The Hall–Kier alpha value is -1.08. The molecule has 0 aromatic rings. The molecule has 0 spiro atoms. The van der Waals surface area contributed by atoms with Crippen molar-refractivity contribution in [2.24, 2.45) is 41.2 Å². The van der Waals surface area contributed by atoms with E-state index in [1.807, 2.05) is 4.90 Å². The van der Waals surface area contributed by atoms with Crippen LogP contribution in [-0.4, -0.2) is 29.1 Å². The van der Waals surface area contributed by atoms with Crippen molar-refractivity contribution in [3.05, 3.63) is 11.4 Å². The fraction of sp³-hybridized carbons (Fsp3) is 0.889. The van der Waals surface area contributed by atoms with Gasteiger partial charge in [-0.15, -0.1) is 0 Å². The summed E-state index contributed by atoms with van der Waals surface area (Å²) in [4.78, 5) is 18.6. The topological polar surface area (TPSA) is 50.7 Å². The zero-order valence-electron chi connectivity index (χ0n) is 13.0. The Morgan fingerprint density at radius 1 is 1.00 bits per heavy atom. The zero-order valence-corrected chi connectivity index (χ0v) is 13.0. The van der Waals surface area contributed by atoms with E-state index in [0.29, 0.717) is 29.7 Å². The quantitative estimate of drug-likeness (QED) is 0.795. The Kier molecular flexibility index (Phi) is 2.72. The number of nitrogens with zero attached hydrogens (tertiary/aromatic N) is 2. The van der Waals surface area contributed by atoms with Crippen LogP contribution in [0.25, 0.3) is 4.85 Å². The van der Waals surface area contributed by atoms with Crippen molar-refractivity contribution in [2.75, 3.05) is 0 Å². The molecule has 0 radical (unpaired) electrons. The number of piperidine rings is 1. The van der Waals surface area contributed by atoms with Gasteiger partial charge in [0, 0.05) is 12.5 Å². The third kappa shape index (κ3) is 1.75. The van der Waals surface area contributed by atoms with Crippen LogP contribution in [0.2, 0.25) is 0 Å². The maximum atomic E-state index is 13.0.